The summed E-state index contributed by atoms with van der Waals surface area (Å²) in [4.78, 5) is 2.66. The maximum Gasteiger partial charge on any atom is 0.0509 e. The van der Waals surface area contributed by atoms with E-state index < -0.39 is 0 Å². The maximum absolute atomic E-state index is 5.50. The van der Waals surface area contributed by atoms with Crippen molar-refractivity contribution in [3.8, 4) is 0 Å². The maximum atomic E-state index is 5.50. The van der Waals surface area contributed by atoms with E-state index in [0.717, 1.165) is 25.0 Å². The molecule has 4 unspecified atom stereocenters. The van der Waals surface area contributed by atoms with E-state index in [1.807, 2.05) is 0 Å². The lowest BCUT2D eigenvalue weighted by atomic mass is 9.90. The standard InChI is InChI=1S/C13H26N2O/c1-10-8-15(6-4-13(10)14-3)11(2)12-5-7-16-9-12/h10-14H,4-9H2,1-3H3. The third-order valence-corrected chi connectivity index (χ3v) is 4.53. The molecule has 0 aromatic rings. The van der Waals surface area contributed by atoms with Crippen LogP contribution in [0.3, 0.4) is 0 Å². The molecule has 2 aliphatic rings. The van der Waals surface area contributed by atoms with Crippen LogP contribution in [0, 0.1) is 11.8 Å². The highest BCUT2D eigenvalue weighted by atomic mass is 16.5. The Labute approximate surface area is 99.5 Å². The Kier molecular flexibility index (Phi) is 4.22. The molecule has 2 saturated heterocycles. The summed E-state index contributed by atoms with van der Waals surface area (Å²) >= 11 is 0. The molecule has 0 aromatic heterocycles. The lowest BCUT2D eigenvalue weighted by molar-refractivity contribution is 0.0765. The number of hydrogen-bond donors (Lipinski definition) is 1. The summed E-state index contributed by atoms with van der Waals surface area (Å²) in [6.07, 6.45) is 2.54. The van der Waals surface area contributed by atoms with Gasteiger partial charge in [0.1, 0.15) is 0 Å². The molecule has 2 aliphatic heterocycles. The van der Waals surface area contributed by atoms with Crippen LogP contribution in [0.2, 0.25) is 0 Å². The molecule has 0 radical (unpaired) electrons. The fraction of sp³-hybridized carbons (Fsp3) is 1.00. The van der Waals surface area contributed by atoms with Gasteiger partial charge in [-0.3, -0.25) is 4.90 Å². The summed E-state index contributed by atoms with van der Waals surface area (Å²) in [6.45, 7) is 9.17. The summed E-state index contributed by atoms with van der Waals surface area (Å²) in [6, 6.07) is 1.41. The normalized spacial score (nSPS) is 38.8. The van der Waals surface area contributed by atoms with E-state index in [1.165, 1.54) is 25.9 Å². The summed E-state index contributed by atoms with van der Waals surface area (Å²) in [7, 11) is 2.09. The number of likely N-dealkylation sites (tertiary alicyclic amines) is 1. The molecule has 0 saturated carbocycles. The van der Waals surface area contributed by atoms with Crippen LogP contribution in [-0.4, -0.2) is 50.3 Å². The first-order valence-electron chi connectivity index (χ1n) is 6.71. The van der Waals surface area contributed by atoms with Crippen LogP contribution < -0.4 is 5.32 Å². The zero-order valence-electron chi connectivity index (χ0n) is 10.9. The Balaban J connectivity index is 1.86. The molecule has 0 aromatic carbocycles. The van der Waals surface area contributed by atoms with Gasteiger partial charge in [-0.25, -0.2) is 0 Å². The average molecular weight is 226 g/mol. The van der Waals surface area contributed by atoms with E-state index in [2.05, 4.69) is 31.1 Å². The van der Waals surface area contributed by atoms with Gasteiger partial charge in [-0.05, 0) is 45.2 Å². The van der Waals surface area contributed by atoms with Crippen molar-refractivity contribution < 1.29 is 4.74 Å². The number of nitrogens with one attached hydrogen (secondary N) is 1. The van der Waals surface area contributed by atoms with E-state index >= 15 is 0 Å². The van der Waals surface area contributed by atoms with E-state index in [9.17, 15) is 0 Å². The van der Waals surface area contributed by atoms with Gasteiger partial charge in [0.05, 0.1) is 6.61 Å². The number of ether oxygens (including phenoxy) is 1. The van der Waals surface area contributed by atoms with E-state index in [4.69, 9.17) is 4.74 Å². The highest BCUT2D eigenvalue weighted by Crippen LogP contribution is 2.25. The van der Waals surface area contributed by atoms with Crippen LogP contribution in [-0.2, 0) is 4.74 Å². The predicted molar refractivity (Wildman–Crippen MR) is 66.6 cm³/mol. The molecule has 2 heterocycles. The zero-order valence-corrected chi connectivity index (χ0v) is 10.9. The molecule has 16 heavy (non-hydrogen) atoms. The van der Waals surface area contributed by atoms with Crippen molar-refractivity contribution >= 4 is 0 Å². The molecule has 0 spiro atoms. The van der Waals surface area contributed by atoms with Gasteiger partial charge < -0.3 is 10.1 Å². The smallest absolute Gasteiger partial charge is 0.0509 e. The molecular weight excluding hydrogens is 200 g/mol. The third-order valence-electron chi connectivity index (χ3n) is 4.53. The quantitative estimate of drug-likeness (QED) is 0.786. The van der Waals surface area contributed by atoms with Gasteiger partial charge in [-0.15, -0.1) is 0 Å². The highest BCUT2D eigenvalue weighted by molar-refractivity contribution is 4.87. The first kappa shape index (κ1) is 12.3. The molecule has 0 aliphatic carbocycles. The fourth-order valence-corrected chi connectivity index (χ4v) is 3.21. The largest absolute Gasteiger partial charge is 0.381 e. The van der Waals surface area contributed by atoms with Crippen molar-refractivity contribution in [1.82, 2.24) is 10.2 Å². The van der Waals surface area contributed by atoms with Crippen LogP contribution >= 0.6 is 0 Å². The second kappa shape index (κ2) is 5.48. The second-order valence-corrected chi connectivity index (χ2v) is 5.52. The van der Waals surface area contributed by atoms with Crippen molar-refractivity contribution in [2.75, 3.05) is 33.4 Å². The van der Waals surface area contributed by atoms with Crippen LogP contribution in [0.4, 0.5) is 0 Å². The summed E-state index contributed by atoms with van der Waals surface area (Å²) in [5, 5.41) is 3.43. The van der Waals surface area contributed by atoms with Crippen LogP contribution in [0.5, 0.6) is 0 Å². The minimum Gasteiger partial charge on any atom is -0.381 e. The van der Waals surface area contributed by atoms with Crippen LogP contribution in [0.25, 0.3) is 0 Å². The number of hydrogen-bond acceptors (Lipinski definition) is 3. The molecular formula is C13H26N2O. The molecule has 94 valence electrons. The van der Waals surface area contributed by atoms with Crippen molar-refractivity contribution in [1.29, 1.82) is 0 Å². The second-order valence-electron chi connectivity index (χ2n) is 5.52. The Morgan fingerprint density at radius 1 is 1.38 bits per heavy atom. The van der Waals surface area contributed by atoms with Crippen molar-refractivity contribution in [3.63, 3.8) is 0 Å². The molecule has 0 amide bonds. The molecule has 4 atom stereocenters. The number of piperidine rings is 1. The average Bonchev–Trinajstić information content (AvgIpc) is 2.81. The summed E-state index contributed by atoms with van der Waals surface area (Å²) in [5.41, 5.74) is 0. The van der Waals surface area contributed by atoms with E-state index in [-0.39, 0.29) is 0 Å². The zero-order chi connectivity index (χ0) is 11.5. The Hall–Kier alpha value is -0.120. The molecule has 0 bridgehead atoms. The summed E-state index contributed by atoms with van der Waals surface area (Å²) < 4.78 is 5.50. The van der Waals surface area contributed by atoms with Crippen LogP contribution in [0.1, 0.15) is 26.7 Å². The summed E-state index contributed by atoms with van der Waals surface area (Å²) in [5.74, 6) is 1.53. The van der Waals surface area contributed by atoms with E-state index in [0.29, 0.717) is 12.1 Å². The molecule has 1 N–H and O–H groups in total. The van der Waals surface area contributed by atoms with Gasteiger partial charge in [0, 0.05) is 25.2 Å². The lowest BCUT2D eigenvalue weighted by Gasteiger charge is -2.41. The number of rotatable bonds is 3. The minimum atomic E-state index is 0.697. The minimum absolute atomic E-state index is 0.697. The Bertz CT molecular complexity index is 216. The fourth-order valence-electron chi connectivity index (χ4n) is 3.21. The van der Waals surface area contributed by atoms with E-state index in [1.54, 1.807) is 0 Å². The Morgan fingerprint density at radius 2 is 2.19 bits per heavy atom. The topological polar surface area (TPSA) is 24.5 Å². The monoisotopic (exact) mass is 226 g/mol. The third kappa shape index (κ3) is 2.58. The predicted octanol–water partition coefficient (Wildman–Crippen LogP) is 1.34. The van der Waals surface area contributed by atoms with Gasteiger partial charge in [0.15, 0.2) is 0 Å². The Morgan fingerprint density at radius 3 is 2.75 bits per heavy atom. The molecule has 3 heteroatoms. The van der Waals surface area contributed by atoms with Gasteiger partial charge in [0.25, 0.3) is 0 Å². The molecule has 3 nitrogen and oxygen atoms in total. The van der Waals surface area contributed by atoms with Gasteiger partial charge in [-0.1, -0.05) is 6.92 Å². The SMILES string of the molecule is CNC1CCN(C(C)C2CCOC2)CC1C. The van der Waals surface area contributed by atoms with Crippen molar-refractivity contribution in [2.45, 2.75) is 38.8 Å². The number of nitrogens with zero attached hydrogens (tertiary/aromatic N) is 1. The first-order chi connectivity index (χ1) is 7.72. The van der Waals surface area contributed by atoms with Gasteiger partial charge in [-0.2, -0.15) is 0 Å². The lowest BCUT2D eigenvalue weighted by Crippen LogP contribution is -2.51. The van der Waals surface area contributed by atoms with Crippen molar-refractivity contribution in [3.05, 3.63) is 0 Å². The van der Waals surface area contributed by atoms with Gasteiger partial charge >= 0.3 is 0 Å². The van der Waals surface area contributed by atoms with Gasteiger partial charge in [0.2, 0.25) is 0 Å². The highest BCUT2D eigenvalue weighted by Gasteiger charge is 2.32. The van der Waals surface area contributed by atoms with Crippen LogP contribution in [0.15, 0.2) is 0 Å². The first-order valence-corrected chi connectivity index (χ1v) is 6.71. The molecule has 2 rings (SSSR count). The molecule has 2 fully saturated rings. The van der Waals surface area contributed by atoms with Crippen molar-refractivity contribution in [2.24, 2.45) is 11.8 Å².